The van der Waals surface area contributed by atoms with Gasteiger partial charge in [-0.25, -0.2) is 0 Å². The van der Waals surface area contributed by atoms with Crippen molar-refractivity contribution >= 4 is 23.2 Å². The van der Waals surface area contributed by atoms with Gasteiger partial charge in [0.15, 0.2) is 11.5 Å². The lowest BCUT2D eigenvalue weighted by Crippen LogP contribution is -2.17. The van der Waals surface area contributed by atoms with E-state index in [1.54, 1.807) is 0 Å². The van der Waals surface area contributed by atoms with E-state index in [0.29, 0.717) is 30.5 Å². The monoisotopic (exact) mass is 323 g/mol. The van der Waals surface area contributed by atoms with Gasteiger partial charge in [0.25, 0.3) is 0 Å². The van der Waals surface area contributed by atoms with Crippen molar-refractivity contribution in [3.05, 3.63) is 57.6 Å². The van der Waals surface area contributed by atoms with Crippen molar-refractivity contribution in [2.24, 2.45) is 0 Å². The van der Waals surface area contributed by atoms with Crippen molar-refractivity contribution in [2.75, 3.05) is 13.2 Å². The maximum absolute atomic E-state index is 6.21. The summed E-state index contributed by atoms with van der Waals surface area (Å²) in [5, 5.41) is 4.71. The Morgan fingerprint density at radius 1 is 0.905 bits per heavy atom. The molecule has 2 aromatic carbocycles. The van der Waals surface area contributed by atoms with E-state index in [-0.39, 0.29) is 0 Å². The number of nitrogens with one attached hydrogen (secondary N) is 1. The van der Waals surface area contributed by atoms with E-state index < -0.39 is 0 Å². The molecule has 110 valence electrons. The van der Waals surface area contributed by atoms with E-state index >= 15 is 0 Å². The molecule has 3 rings (SSSR count). The molecule has 0 spiro atoms. The summed E-state index contributed by atoms with van der Waals surface area (Å²) < 4.78 is 11.1. The van der Waals surface area contributed by atoms with Gasteiger partial charge in [0.2, 0.25) is 0 Å². The minimum atomic E-state index is 0.543. The molecule has 1 aliphatic heterocycles. The van der Waals surface area contributed by atoms with Crippen LogP contribution in [0.2, 0.25) is 10.0 Å². The molecule has 0 fully saturated rings. The molecule has 21 heavy (non-hydrogen) atoms. The second kappa shape index (κ2) is 6.56. The second-order valence-electron chi connectivity index (χ2n) is 4.83. The number of ether oxygens (including phenoxy) is 2. The van der Waals surface area contributed by atoms with Gasteiger partial charge in [-0.1, -0.05) is 35.3 Å². The summed E-state index contributed by atoms with van der Waals surface area (Å²) in [4.78, 5) is 0. The molecule has 1 heterocycles. The van der Waals surface area contributed by atoms with E-state index in [4.69, 9.17) is 32.7 Å². The zero-order chi connectivity index (χ0) is 14.7. The molecule has 0 amide bonds. The third-order valence-corrected chi connectivity index (χ3v) is 3.76. The third-order valence-electron chi connectivity index (χ3n) is 3.23. The molecule has 1 N–H and O–H groups in total. The largest absolute Gasteiger partial charge is 0.486 e. The summed E-state index contributed by atoms with van der Waals surface area (Å²) in [5.74, 6) is 1.36. The fourth-order valence-electron chi connectivity index (χ4n) is 2.22. The van der Waals surface area contributed by atoms with E-state index in [1.807, 2.05) is 36.4 Å². The van der Waals surface area contributed by atoms with Crippen LogP contribution in [-0.2, 0) is 13.1 Å². The topological polar surface area (TPSA) is 30.5 Å². The third kappa shape index (κ3) is 3.62. The van der Waals surface area contributed by atoms with Gasteiger partial charge < -0.3 is 14.8 Å². The number of rotatable bonds is 4. The lowest BCUT2D eigenvalue weighted by Gasteiger charge is -2.20. The average molecular weight is 324 g/mol. The summed E-state index contributed by atoms with van der Waals surface area (Å²) in [7, 11) is 0. The van der Waals surface area contributed by atoms with Crippen molar-refractivity contribution in [1.29, 1.82) is 0 Å². The van der Waals surface area contributed by atoms with Crippen LogP contribution in [0.15, 0.2) is 36.4 Å². The molecule has 5 heteroatoms. The number of benzene rings is 2. The molecule has 3 nitrogen and oxygen atoms in total. The molecular formula is C16H15Cl2NO2. The van der Waals surface area contributed by atoms with E-state index in [1.165, 1.54) is 5.56 Å². The Balaban J connectivity index is 1.63. The summed E-state index contributed by atoms with van der Waals surface area (Å²) in [5.41, 5.74) is 2.25. The Bertz CT molecular complexity index is 629. The minimum absolute atomic E-state index is 0.543. The van der Waals surface area contributed by atoms with Crippen molar-refractivity contribution in [3.63, 3.8) is 0 Å². The fourth-order valence-corrected chi connectivity index (χ4v) is 2.63. The van der Waals surface area contributed by atoms with Crippen molar-refractivity contribution in [3.8, 4) is 11.5 Å². The number of hydrogen-bond donors (Lipinski definition) is 1. The Morgan fingerprint density at radius 3 is 2.43 bits per heavy atom. The number of hydrogen-bond acceptors (Lipinski definition) is 3. The van der Waals surface area contributed by atoms with Gasteiger partial charge in [0, 0.05) is 18.1 Å². The molecule has 0 atom stereocenters. The quantitative estimate of drug-likeness (QED) is 0.920. The first-order chi connectivity index (χ1) is 10.2. The molecule has 0 bridgehead atoms. The first-order valence-electron chi connectivity index (χ1n) is 6.75. The highest BCUT2D eigenvalue weighted by molar-refractivity contribution is 6.32. The number of halogens is 2. The standard InChI is InChI=1S/C16H15Cl2NO2/c17-13-3-1-11(2-4-13)9-19-10-12-7-14(18)16-15(8-12)20-5-6-21-16/h1-4,7-8,19H,5-6,9-10H2. The van der Waals surface area contributed by atoms with Gasteiger partial charge in [0.05, 0.1) is 5.02 Å². The Labute approximate surface area is 133 Å². The van der Waals surface area contributed by atoms with Crippen LogP contribution in [0.25, 0.3) is 0 Å². The normalized spacial score (nSPS) is 13.2. The van der Waals surface area contributed by atoms with E-state index in [9.17, 15) is 0 Å². The average Bonchev–Trinajstić information content (AvgIpc) is 2.49. The number of fused-ring (bicyclic) bond motifs is 1. The lowest BCUT2D eigenvalue weighted by molar-refractivity contribution is 0.171. The Morgan fingerprint density at radius 2 is 1.62 bits per heavy atom. The molecule has 0 saturated carbocycles. The molecule has 0 aromatic heterocycles. The molecular weight excluding hydrogens is 309 g/mol. The Hall–Kier alpha value is -1.42. The van der Waals surface area contributed by atoms with Gasteiger partial charge in [-0.2, -0.15) is 0 Å². The van der Waals surface area contributed by atoms with Crippen LogP contribution >= 0.6 is 23.2 Å². The smallest absolute Gasteiger partial charge is 0.179 e. The summed E-state index contributed by atoms with van der Waals surface area (Å²) in [6.07, 6.45) is 0. The van der Waals surface area contributed by atoms with Crippen LogP contribution in [0, 0.1) is 0 Å². The fraction of sp³-hybridized carbons (Fsp3) is 0.250. The molecule has 0 unspecified atom stereocenters. The predicted octanol–water partition coefficient (Wildman–Crippen LogP) is 4.05. The highest BCUT2D eigenvalue weighted by atomic mass is 35.5. The molecule has 1 aliphatic rings. The summed E-state index contributed by atoms with van der Waals surface area (Å²) >= 11 is 12.1. The van der Waals surface area contributed by atoms with Gasteiger partial charge in [-0.3, -0.25) is 0 Å². The van der Waals surface area contributed by atoms with Crippen LogP contribution in [0.4, 0.5) is 0 Å². The SMILES string of the molecule is Clc1ccc(CNCc2cc(Cl)c3c(c2)OCCO3)cc1. The predicted molar refractivity (Wildman–Crippen MR) is 84.4 cm³/mol. The summed E-state index contributed by atoms with van der Waals surface area (Å²) in [6.45, 7) is 2.58. The van der Waals surface area contributed by atoms with Crippen molar-refractivity contribution in [1.82, 2.24) is 5.32 Å². The first kappa shape index (κ1) is 14.5. The second-order valence-corrected chi connectivity index (χ2v) is 5.68. The Kier molecular flexibility index (Phi) is 4.54. The lowest BCUT2D eigenvalue weighted by atomic mass is 10.1. The highest BCUT2D eigenvalue weighted by Crippen LogP contribution is 2.38. The highest BCUT2D eigenvalue weighted by Gasteiger charge is 2.16. The van der Waals surface area contributed by atoms with Crippen LogP contribution in [0.1, 0.15) is 11.1 Å². The zero-order valence-electron chi connectivity index (χ0n) is 11.4. The first-order valence-corrected chi connectivity index (χ1v) is 7.51. The molecule has 0 saturated heterocycles. The van der Waals surface area contributed by atoms with Crippen LogP contribution < -0.4 is 14.8 Å². The van der Waals surface area contributed by atoms with Gasteiger partial charge in [0.1, 0.15) is 13.2 Å². The maximum atomic E-state index is 6.21. The van der Waals surface area contributed by atoms with Gasteiger partial charge >= 0.3 is 0 Å². The summed E-state index contributed by atoms with van der Waals surface area (Å²) in [6, 6.07) is 11.7. The molecule has 0 aliphatic carbocycles. The van der Waals surface area contributed by atoms with Crippen LogP contribution in [0.5, 0.6) is 11.5 Å². The van der Waals surface area contributed by atoms with Crippen LogP contribution in [0.3, 0.4) is 0 Å². The minimum Gasteiger partial charge on any atom is -0.486 e. The van der Waals surface area contributed by atoms with Gasteiger partial charge in [-0.15, -0.1) is 0 Å². The van der Waals surface area contributed by atoms with E-state index in [0.717, 1.165) is 22.9 Å². The van der Waals surface area contributed by atoms with Crippen molar-refractivity contribution in [2.45, 2.75) is 13.1 Å². The van der Waals surface area contributed by atoms with Gasteiger partial charge in [-0.05, 0) is 35.4 Å². The zero-order valence-corrected chi connectivity index (χ0v) is 12.9. The molecule has 0 radical (unpaired) electrons. The van der Waals surface area contributed by atoms with Crippen molar-refractivity contribution < 1.29 is 9.47 Å². The van der Waals surface area contributed by atoms with Crippen LogP contribution in [-0.4, -0.2) is 13.2 Å². The molecule has 2 aromatic rings. The van der Waals surface area contributed by atoms with E-state index in [2.05, 4.69) is 5.32 Å². The maximum Gasteiger partial charge on any atom is 0.179 e.